The van der Waals surface area contributed by atoms with E-state index in [1.54, 1.807) is 47.5 Å². The third kappa shape index (κ3) is 2.64. The first-order valence-corrected chi connectivity index (χ1v) is 7.50. The molecule has 3 aromatic rings. The molecule has 4 nitrogen and oxygen atoms in total. The lowest BCUT2D eigenvalue weighted by Crippen LogP contribution is -2.25. The molecule has 2 N–H and O–H groups in total. The molecule has 21 heavy (non-hydrogen) atoms. The number of amides is 1. The fourth-order valence-electron chi connectivity index (χ4n) is 2.21. The van der Waals surface area contributed by atoms with Crippen LogP contribution in [0.1, 0.15) is 21.0 Å². The van der Waals surface area contributed by atoms with Crippen molar-refractivity contribution in [3.05, 3.63) is 51.9 Å². The summed E-state index contributed by atoms with van der Waals surface area (Å²) in [7, 11) is 1.78. The van der Waals surface area contributed by atoms with Gasteiger partial charge in [-0.15, -0.1) is 11.3 Å². The zero-order chi connectivity index (χ0) is 15.0. The Morgan fingerprint density at radius 3 is 2.86 bits per heavy atom. The number of thiophene rings is 1. The van der Waals surface area contributed by atoms with Crippen molar-refractivity contribution in [1.82, 2.24) is 4.90 Å². The van der Waals surface area contributed by atoms with Crippen molar-refractivity contribution in [3.63, 3.8) is 0 Å². The number of furan rings is 1. The highest BCUT2D eigenvalue weighted by molar-refractivity contribution is 7.10. The van der Waals surface area contributed by atoms with Crippen LogP contribution in [0.25, 0.3) is 11.0 Å². The van der Waals surface area contributed by atoms with Crippen LogP contribution in [0.2, 0.25) is 0 Å². The second kappa shape index (κ2) is 5.26. The quantitative estimate of drug-likeness (QED) is 0.751. The smallest absolute Gasteiger partial charge is 0.289 e. The molecule has 108 valence electrons. The van der Waals surface area contributed by atoms with Gasteiger partial charge in [-0.25, -0.2) is 0 Å². The molecular weight excluding hydrogens is 284 g/mol. The fraction of sp³-hybridized carbons (Fsp3) is 0.188. The van der Waals surface area contributed by atoms with Crippen LogP contribution in [0.15, 0.2) is 40.1 Å². The van der Waals surface area contributed by atoms with E-state index in [9.17, 15) is 4.79 Å². The van der Waals surface area contributed by atoms with Crippen molar-refractivity contribution in [2.45, 2.75) is 13.5 Å². The average Bonchev–Trinajstić information content (AvgIpc) is 3.04. The molecule has 1 aromatic carbocycles. The van der Waals surface area contributed by atoms with Crippen LogP contribution in [-0.2, 0) is 6.54 Å². The largest absolute Gasteiger partial charge is 0.451 e. The molecule has 0 fully saturated rings. The monoisotopic (exact) mass is 300 g/mol. The Bertz CT molecular complexity index is 804. The molecule has 0 bridgehead atoms. The maximum absolute atomic E-state index is 12.4. The second-order valence-electron chi connectivity index (χ2n) is 5.10. The van der Waals surface area contributed by atoms with Crippen LogP contribution in [0, 0.1) is 6.92 Å². The number of hydrogen-bond acceptors (Lipinski definition) is 4. The first-order chi connectivity index (χ1) is 10.0. The molecule has 0 saturated carbocycles. The summed E-state index contributed by atoms with van der Waals surface area (Å²) in [5.41, 5.74) is 8.28. The molecule has 0 saturated heterocycles. The molecule has 0 atom stereocenters. The number of aryl methyl sites for hydroxylation is 1. The number of carbonyl (C=O) groups excluding carboxylic acids is 1. The van der Waals surface area contributed by atoms with E-state index in [1.807, 2.05) is 12.3 Å². The Labute approximate surface area is 126 Å². The van der Waals surface area contributed by atoms with Crippen LogP contribution in [0.3, 0.4) is 0 Å². The summed E-state index contributed by atoms with van der Waals surface area (Å²) in [4.78, 5) is 15.3. The summed E-state index contributed by atoms with van der Waals surface area (Å²) in [6, 6.07) is 9.15. The van der Waals surface area contributed by atoms with Crippen LogP contribution < -0.4 is 5.73 Å². The molecule has 0 aliphatic rings. The topological polar surface area (TPSA) is 59.5 Å². The summed E-state index contributed by atoms with van der Waals surface area (Å²) in [5, 5.41) is 2.88. The average molecular weight is 300 g/mol. The highest BCUT2D eigenvalue weighted by atomic mass is 32.1. The zero-order valence-corrected chi connectivity index (χ0v) is 12.7. The van der Waals surface area contributed by atoms with Gasteiger partial charge in [-0.3, -0.25) is 4.79 Å². The summed E-state index contributed by atoms with van der Waals surface area (Å²) < 4.78 is 5.61. The number of nitrogen functional groups attached to an aromatic ring is 1. The predicted octanol–water partition coefficient (Wildman–Crippen LogP) is 3.66. The van der Waals surface area contributed by atoms with E-state index in [1.165, 1.54) is 10.4 Å². The SMILES string of the molecule is Cc1ccsc1CN(C)C(=O)c1cc2cc(N)ccc2o1. The second-order valence-corrected chi connectivity index (χ2v) is 6.10. The number of nitrogens with two attached hydrogens (primary N) is 1. The maximum Gasteiger partial charge on any atom is 0.289 e. The maximum atomic E-state index is 12.4. The van der Waals surface area contributed by atoms with E-state index >= 15 is 0 Å². The molecule has 2 heterocycles. The number of anilines is 1. The molecule has 0 aliphatic heterocycles. The number of benzene rings is 1. The van der Waals surface area contributed by atoms with Gasteiger partial charge >= 0.3 is 0 Å². The minimum atomic E-state index is -0.127. The highest BCUT2D eigenvalue weighted by Gasteiger charge is 2.18. The molecule has 0 unspecified atom stereocenters. The first kappa shape index (κ1) is 13.7. The van der Waals surface area contributed by atoms with Gasteiger partial charge < -0.3 is 15.1 Å². The lowest BCUT2D eigenvalue weighted by Gasteiger charge is -2.15. The summed E-state index contributed by atoms with van der Waals surface area (Å²) in [6.07, 6.45) is 0. The number of nitrogens with zero attached hydrogens (tertiary/aromatic N) is 1. The number of hydrogen-bond donors (Lipinski definition) is 1. The Morgan fingerprint density at radius 1 is 1.33 bits per heavy atom. The third-order valence-electron chi connectivity index (χ3n) is 3.45. The van der Waals surface area contributed by atoms with Gasteiger partial charge in [0, 0.05) is 23.0 Å². The Balaban J connectivity index is 1.84. The number of carbonyl (C=O) groups is 1. The van der Waals surface area contributed by atoms with Gasteiger partial charge in [0.25, 0.3) is 5.91 Å². The van der Waals surface area contributed by atoms with E-state index in [2.05, 4.69) is 6.07 Å². The van der Waals surface area contributed by atoms with E-state index < -0.39 is 0 Å². The summed E-state index contributed by atoms with van der Waals surface area (Å²) >= 11 is 1.66. The molecule has 0 aliphatic carbocycles. The van der Waals surface area contributed by atoms with Gasteiger partial charge in [0.05, 0.1) is 6.54 Å². The minimum absolute atomic E-state index is 0.127. The van der Waals surface area contributed by atoms with E-state index in [-0.39, 0.29) is 5.91 Å². The van der Waals surface area contributed by atoms with Crippen LogP contribution >= 0.6 is 11.3 Å². The third-order valence-corrected chi connectivity index (χ3v) is 4.45. The minimum Gasteiger partial charge on any atom is -0.451 e. The van der Waals surface area contributed by atoms with Crippen molar-refractivity contribution in [2.75, 3.05) is 12.8 Å². The van der Waals surface area contributed by atoms with Gasteiger partial charge in [-0.05, 0) is 48.2 Å². The molecular formula is C16H16N2O2S. The normalized spacial score (nSPS) is 11.0. The Morgan fingerprint density at radius 2 is 2.14 bits per heavy atom. The van der Waals surface area contributed by atoms with Crippen molar-refractivity contribution in [2.24, 2.45) is 0 Å². The Hall–Kier alpha value is -2.27. The summed E-state index contributed by atoms with van der Waals surface area (Å²) in [6.45, 7) is 2.63. The molecule has 0 spiro atoms. The van der Waals surface area contributed by atoms with Gasteiger partial charge in [0.2, 0.25) is 0 Å². The standard InChI is InChI=1S/C16H16N2O2S/c1-10-5-6-21-15(10)9-18(2)16(19)14-8-11-7-12(17)3-4-13(11)20-14/h3-8H,9,17H2,1-2H3. The van der Waals surface area contributed by atoms with Crippen molar-refractivity contribution < 1.29 is 9.21 Å². The van der Waals surface area contributed by atoms with Gasteiger partial charge in [0.15, 0.2) is 5.76 Å². The molecule has 2 aromatic heterocycles. The van der Waals surface area contributed by atoms with Crippen molar-refractivity contribution in [1.29, 1.82) is 0 Å². The molecule has 0 radical (unpaired) electrons. The fourth-order valence-corrected chi connectivity index (χ4v) is 3.17. The zero-order valence-electron chi connectivity index (χ0n) is 11.9. The lowest BCUT2D eigenvalue weighted by molar-refractivity contribution is 0.0757. The van der Waals surface area contributed by atoms with Crippen LogP contribution in [-0.4, -0.2) is 17.9 Å². The Kier molecular flexibility index (Phi) is 3.43. The molecule has 5 heteroatoms. The van der Waals surface area contributed by atoms with Crippen molar-refractivity contribution in [3.8, 4) is 0 Å². The van der Waals surface area contributed by atoms with Crippen molar-refractivity contribution >= 4 is 33.9 Å². The highest BCUT2D eigenvalue weighted by Crippen LogP contribution is 2.24. The number of rotatable bonds is 3. The van der Waals surface area contributed by atoms with E-state index in [0.717, 1.165) is 5.39 Å². The number of fused-ring (bicyclic) bond motifs is 1. The van der Waals surface area contributed by atoms with Crippen LogP contribution in [0.4, 0.5) is 5.69 Å². The summed E-state index contributed by atoms with van der Waals surface area (Å²) in [5.74, 6) is 0.213. The van der Waals surface area contributed by atoms with Gasteiger partial charge in [-0.1, -0.05) is 0 Å². The van der Waals surface area contributed by atoms with Gasteiger partial charge in [-0.2, -0.15) is 0 Å². The van der Waals surface area contributed by atoms with E-state index in [0.29, 0.717) is 23.6 Å². The lowest BCUT2D eigenvalue weighted by atomic mass is 10.2. The van der Waals surface area contributed by atoms with E-state index in [4.69, 9.17) is 10.2 Å². The molecule has 1 amide bonds. The van der Waals surface area contributed by atoms with Gasteiger partial charge in [0.1, 0.15) is 5.58 Å². The first-order valence-electron chi connectivity index (χ1n) is 6.62. The van der Waals surface area contributed by atoms with Crippen LogP contribution in [0.5, 0.6) is 0 Å². The molecule has 3 rings (SSSR count). The predicted molar refractivity (Wildman–Crippen MR) is 85.5 cm³/mol.